The molecule has 2 nitrogen and oxygen atoms in total. The third-order valence-electron chi connectivity index (χ3n) is 3.14. The van der Waals surface area contributed by atoms with Crippen LogP contribution in [0.5, 0.6) is 11.6 Å². The Morgan fingerprint density at radius 1 is 0.895 bits per heavy atom. The number of nitrogens with zero attached hydrogens (tertiary/aromatic N) is 1. The third kappa shape index (κ3) is 2.43. The molecule has 3 rings (SSSR count). The molecule has 0 amide bonds. The van der Waals surface area contributed by atoms with Gasteiger partial charge >= 0.3 is 0 Å². The van der Waals surface area contributed by atoms with Crippen LogP contribution in [-0.2, 0) is 0 Å². The van der Waals surface area contributed by atoms with Gasteiger partial charge in [0.1, 0.15) is 5.75 Å². The summed E-state index contributed by atoms with van der Waals surface area (Å²) in [6, 6.07) is 18.1. The van der Waals surface area contributed by atoms with E-state index >= 15 is 0 Å². The van der Waals surface area contributed by atoms with Crippen LogP contribution >= 0.6 is 0 Å². The Kier molecular flexibility index (Phi) is 2.92. The molecule has 2 heteroatoms. The van der Waals surface area contributed by atoms with Gasteiger partial charge in [-0.3, -0.25) is 0 Å². The van der Waals surface area contributed by atoms with Gasteiger partial charge in [0.25, 0.3) is 0 Å². The van der Waals surface area contributed by atoms with E-state index in [1.165, 1.54) is 16.5 Å². The minimum atomic E-state index is 0.639. The average molecular weight is 249 g/mol. The molecule has 2 aromatic carbocycles. The van der Waals surface area contributed by atoms with Crippen LogP contribution in [-0.4, -0.2) is 4.98 Å². The Bertz CT molecular complexity index is 717. The highest BCUT2D eigenvalue weighted by molar-refractivity contribution is 5.82. The van der Waals surface area contributed by atoms with E-state index in [0.717, 1.165) is 11.3 Å². The summed E-state index contributed by atoms with van der Waals surface area (Å²) in [6.07, 6.45) is 0. The molecule has 0 saturated carbocycles. The largest absolute Gasteiger partial charge is 0.439 e. The van der Waals surface area contributed by atoms with Crippen LogP contribution in [0, 0.1) is 13.8 Å². The van der Waals surface area contributed by atoms with Gasteiger partial charge in [0.15, 0.2) is 0 Å². The molecule has 0 unspecified atom stereocenters. The van der Waals surface area contributed by atoms with E-state index in [9.17, 15) is 0 Å². The van der Waals surface area contributed by atoms with Gasteiger partial charge < -0.3 is 4.74 Å². The van der Waals surface area contributed by atoms with Gasteiger partial charge in [-0.25, -0.2) is 4.98 Å². The molecule has 0 saturated heterocycles. The molecule has 0 aliphatic carbocycles. The zero-order chi connectivity index (χ0) is 13.2. The summed E-state index contributed by atoms with van der Waals surface area (Å²) in [6.45, 7) is 4.13. The maximum absolute atomic E-state index is 5.81. The smallest absolute Gasteiger partial charge is 0.220 e. The van der Waals surface area contributed by atoms with E-state index < -0.39 is 0 Å². The molecule has 3 aromatic rings. The van der Waals surface area contributed by atoms with Crippen molar-refractivity contribution in [2.75, 3.05) is 0 Å². The lowest BCUT2D eigenvalue weighted by Gasteiger charge is -2.08. The van der Waals surface area contributed by atoms with Crippen molar-refractivity contribution < 1.29 is 4.74 Å². The van der Waals surface area contributed by atoms with E-state index in [1.54, 1.807) is 0 Å². The number of benzene rings is 2. The molecular formula is C17H15NO. The van der Waals surface area contributed by atoms with Crippen molar-refractivity contribution in [2.45, 2.75) is 13.8 Å². The van der Waals surface area contributed by atoms with Crippen molar-refractivity contribution in [3.63, 3.8) is 0 Å². The highest BCUT2D eigenvalue weighted by Gasteiger charge is 2.04. The molecule has 0 radical (unpaired) electrons. The average Bonchev–Trinajstić information content (AvgIpc) is 2.42. The van der Waals surface area contributed by atoms with Crippen LogP contribution in [0.15, 0.2) is 54.6 Å². The molecule has 19 heavy (non-hydrogen) atoms. The Hall–Kier alpha value is -2.35. The van der Waals surface area contributed by atoms with Gasteiger partial charge in [-0.05, 0) is 37.6 Å². The van der Waals surface area contributed by atoms with Crippen LogP contribution in [0.4, 0.5) is 0 Å². The fraction of sp³-hybridized carbons (Fsp3) is 0.118. The lowest BCUT2D eigenvalue weighted by Crippen LogP contribution is -1.90. The van der Waals surface area contributed by atoms with Gasteiger partial charge in [0.2, 0.25) is 5.88 Å². The lowest BCUT2D eigenvalue weighted by atomic mass is 10.1. The van der Waals surface area contributed by atoms with Crippen molar-refractivity contribution in [3.05, 3.63) is 65.7 Å². The number of pyridine rings is 1. The number of para-hydroxylation sites is 1. The van der Waals surface area contributed by atoms with Gasteiger partial charge in [-0.15, -0.1) is 0 Å². The molecular weight excluding hydrogens is 234 g/mol. The normalized spacial score (nSPS) is 10.6. The van der Waals surface area contributed by atoms with E-state index in [1.807, 2.05) is 48.5 Å². The molecule has 0 N–H and O–H groups in total. The molecule has 0 bridgehead atoms. The molecule has 0 fully saturated rings. The fourth-order valence-electron chi connectivity index (χ4n) is 2.10. The number of aromatic nitrogens is 1. The number of rotatable bonds is 2. The summed E-state index contributed by atoms with van der Waals surface area (Å²) < 4.78 is 5.81. The second-order valence-electron chi connectivity index (χ2n) is 4.71. The third-order valence-corrected chi connectivity index (χ3v) is 3.14. The summed E-state index contributed by atoms with van der Waals surface area (Å²) in [7, 11) is 0. The number of aryl methyl sites for hydroxylation is 2. The number of hydrogen-bond donors (Lipinski definition) is 0. The van der Waals surface area contributed by atoms with Gasteiger partial charge in [-0.1, -0.05) is 35.9 Å². The molecule has 0 aliphatic heterocycles. The summed E-state index contributed by atoms with van der Waals surface area (Å²) in [5.41, 5.74) is 3.35. The molecule has 1 aromatic heterocycles. The molecule has 94 valence electrons. The topological polar surface area (TPSA) is 22.1 Å². The van der Waals surface area contributed by atoms with Crippen LogP contribution in [0.2, 0.25) is 0 Å². The fourth-order valence-corrected chi connectivity index (χ4v) is 2.10. The zero-order valence-electron chi connectivity index (χ0n) is 11.1. The lowest BCUT2D eigenvalue weighted by molar-refractivity contribution is 0.464. The monoisotopic (exact) mass is 249 g/mol. The van der Waals surface area contributed by atoms with Crippen LogP contribution in [0.1, 0.15) is 11.1 Å². The van der Waals surface area contributed by atoms with Crippen LogP contribution in [0.25, 0.3) is 10.9 Å². The SMILES string of the molecule is Cc1ccc(Oc2cc(C)c3ccccc3n2)cc1. The van der Waals surface area contributed by atoms with Crippen molar-refractivity contribution >= 4 is 10.9 Å². The quantitative estimate of drug-likeness (QED) is 0.659. The maximum Gasteiger partial charge on any atom is 0.220 e. The molecule has 1 heterocycles. The first-order valence-corrected chi connectivity index (χ1v) is 6.33. The summed E-state index contributed by atoms with van der Waals surface area (Å²) in [4.78, 5) is 4.53. The van der Waals surface area contributed by atoms with E-state index in [2.05, 4.69) is 24.9 Å². The minimum absolute atomic E-state index is 0.639. The second kappa shape index (κ2) is 4.73. The molecule has 0 spiro atoms. The maximum atomic E-state index is 5.81. The first-order chi connectivity index (χ1) is 9.22. The Morgan fingerprint density at radius 3 is 2.42 bits per heavy atom. The first-order valence-electron chi connectivity index (χ1n) is 6.33. The highest BCUT2D eigenvalue weighted by atomic mass is 16.5. The zero-order valence-corrected chi connectivity index (χ0v) is 11.1. The summed E-state index contributed by atoms with van der Waals surface area (Å²) in [5, 5.41) is 1.17. The second-order valence-corrected chi connectivity index (χ2v) is 4.71. The van der Waals surface area contributed by atoms with E-state index in [-0.39, 0.29) is 0 Å². The molecule has 0 aliphatic rings. The Balaban J connectivity index is 1.99. The van der Waals surface area contributed by atoms with E-state index in [0.29, 0.717) is 5.88 Å². The minimum Gasteiger partial charge on any atom is -0.439 e. The van der Waals surface area contributed by atoms with Gasteiger partial charge in [-0.2, -0.15) is 0 Å². The van der Waals surface area contributed by atoms with Crippen molar-refractivity contribution in [3.8, 4) is 11.6 Å². The van der Waals surface area contributed by atoms with Gasteiger partial charge in [0, 0.05) is 11.5 Å². The van der Waals surface area contributed by atoms with Crippen molar-refractivity contribution in [2.24, 2.45) is 0 Å². The summed E-state index contributed by atoms with van der Waals surface area (Å²) in [5.74, 6) is 1.45. The van der Waals surface area contributed by atoms with Crippen LogP contribution < -0.4 is 4.74 Å². The first kappa shape index (κ1) is 11.7. The standard InChI is InChI=1S/C17H15NO/c1-12-7-9-14(10-8-12)19-17-11-13(2)15-5-3-4-6-16(15)18-17/h3-11H,1-2H3. The van der Waals surface area contributed by atoms with Gasteiger partial charge in [0.05, 0.1) is 5.52 Å². The van der Waals surface area contributed by atoms with Crippen LogP contribution in [0.3, 0.4) is 0 Å². The number of hydrogen-bond acceptors (Lipinski definition) is 2. The number of ether oxygens (including phenoxy) is 1. The predicted octanol–water partition coefficient (Wildman–Crippen LogP) is 4.64. The Morgan fingerprint density at radius 2 is 1.63 bits per heavy atom. The van der Waals surface area contributed by atoms with Crippen molar-refractivity contribution in [1.82, 2.24) is 4.98 Å². The van der Waals surface area contributed by atoms with Crippen molar-refractivity contribution in [1.29, 1.82) is 0 Å². The summed E-state index contributed by atoms with van der Waals surface area (Å²) >= 11 is 0. The highest BCUT2D eigenvalue weighted by Crippen LogP contribution is 2.25. The predicted molar refractivity (Wildman–Crippen MR) is 77.7 cm³/mol. The molecule has 0 atom stereocenters. The van der Waals surface area contributed by atoms with E-state index in [4.69, 9.17) is 4.74 Å². The Labute approximate surface area is 112 Å². The number of fused-ring (bicyclic) bond motifs is 1.